The molecule has 3 rings (SSSR count). The van der Waals surface area contributed by atoms with Crippen LogP contribution >= 0.6 is 23.1 Å². The van der Waals surface area contributed by atoms with E-state index in [-0.39, 0.29) is 23.3 Å². The Balaban J connectivity index is 2.03. The molecule has 0 aliphatic carbocycles. The fourth-order valence-electron chi connectivity index (χ4n) is 2.81. The van der Waals surface area contributed by atoms with Gasteiger partial charge < -0.3 is 5.32 Å². The van der Waals surface area contributed by atoms with Crippen molar-refractivity contribution < 1.29 is 4.79 Å². The van der Waals surface area contributed by atoms with Gasteiger partial charge in [0.05, 0.1) is 17.0 Å². The first-order valence-electron chi connectivity index (χ1n) is 8.90. The summed E-state index contributed by atoms with van der Waals surface area (Å²) in [4.78, 5) is 30.0. The van der Waals surface area contributed by atoms with Gasteiger partial charge in [-0.25, -0.2) is 4.98 Å². The van der Waals surface area contributed by atoms with Crippen molar-refractivity contribution in [2.24, 2.45) is 0 Å². The zero-order chi connectivity index (χ0) is 19.6. The van der Waals surface area contributed by atoms with Crippen molar-refractivity contribution in [3.05, 3.63) is 51.1 Å². The Labute approximate surface area is 166 Å². The molecule has 3 aromatic rings. The summed E-state index contributed by atoms with van der Waals surface area (Å²) in [7, 11) is 0. The van der Waals surface area contributed by atoms with Gasteiger partial charge in [0.1, 0.15) is 4.70 Å². The molecule has 1 N–H and O–H groups in total. The third-order valence-corrected chi connectivity index (χ3v) is 6.22. The fraction of sp³-hybridized carbons (Fsp3) is 0.350. The van der Waals surface area contributed by atoms with Gasteiger partial charge in [-0.15, -0.1) is 11.3 Å². The number of thiophene rings is 1. The maximum atomic E-state index is 13.1. The number of hydrogen-bond donors (Lipinski definition) is 1. The van der Waals surface area contributed by atoms with Gasteiger partial charge in [0.15, 0.2) is 5.16 Å². The second-order valence-corrected chi connectivity index (χ2v) is 8.48. The van der Waals surface area contributed by atoms with Crippen molar-refractivity contribution in [3.63, 3.8) is 0 Å². The smallest absolute Gasteiger partial charge is 0.276 e. The van der Waals surface area contributed by atoms with E-state index in [9.17, 15) is 9.59 Å². The van der Waals surface area contributed by atoms with E-state index in [0.717, 1.165) is 23.2 Å². The summed E-state index contributed by atoms with van der Waals surface area (Å²) in [5.74, 6) is 0.165. The van der Waals surface area contributed by atoms with E-state index < -0.39 is 0 Å². The lowest BCUT2D eigenvalue weighted by molar-refractivity contribution is -0.119. The monoisotopic (exact) mass is 401 g/mol. The molecule has 0 saturated carbocycles. The maximum Gasteiger partial charge on any atom is 0.276 e. The molecule has 5 nitrogen and oxygen atoms in total. The molecule has 1 aromatic carbocycles. The van der Waals surface area contributed by atoms with Gasteiger partial charge in [0.25, 0.3) is 5.56 Å². The molecule has 1 atom stereocenters. The van der Waals surface area contributed by atoms with Gasteiger partial charge in [-0.1, -0.05) is 36.4 Å². The maximum absolute atomic E-state index is 13.1. The Kier molecular flexibility index (Phi) is 6.01. The second kappa shape index (κ2) is 8.27. The first kappa shape index (κ1) is 19.6. The predicted octanol–water partition coefficient (Wildman–Crippen LogP) is 4.07. The molecule has 1 amide bonds. The Morgan fingerprint density at radius 3 is 2.81 bits per heavy atom. The summed E-state index contributed by atoms with van der Waals surface area (Å²) in [5, 5.41) is 5.36. The molecular weight excluding hydrogens is 378 g/mol. The number of hydrogen-bond acceptors (Lipinski definition) is 5. The van der Waals surface area contributed by atoms with E-state index in [2.05, 4.69) is 10.3 Å². The van der Waals surface area contributed by atoms with Crippen molar-refractivity contribution in [2.45, 2.75) is 45.3 Å². The zero-order valence-electron chi connectivity index (χ0n) is 15.9. The van der Waals surface area contributed by atoms with Crippen LogP contribution < -0.4 is 10.9 Å². The van der Waals surface area contributed by atoms with E-state index >= 15 is 0 Å². The van der Waals surface area contributed by atoms with Crippen LogP contribution in [0.15, 0.2) is 39.6 Å². The molecule has 2 aromatic heterocycles. The number of nitrogens with zero attached hydrogens (tertiary/aromatic N) is 2. The largest absolute Gasteiger partial charge is 0.353 e. The van der Waals surface area contributed by atoms with Gasteiger partial charge in [0.2, 0.25) is 5.91 Å². The van der Waals surface area contributed by atoms with Crippen molar-refractivity contribution in [1.82, 2.24) is 14.9 Å². The molecule has 27 heavy (non-hydrogen) atoms. The first-order valence-corrected chi connectivity index (χ1v) is 10.8. The van der Waals surface area contributed by atoms with Crippen LogP contribution in [0.3, 0.4) is 0 Å². The lowest BCUT2D eigenvalue weighted by Crippen LogP contribution is -2.33. The lowest BCUT2D eigenvalue weighted by atomic mass is 10.1. The van der Waals surface area contributed by atoms with Crippen LogP contribution in [-0.2, 0) is 4.79 Å². The Hall–Kier alpha value is -2.12. The third-order valence-electron chi connectivity index (χ3n) is 4.39. The summed E-state index contributed by atoms with van der Waals surface area (Å²) in [6, 6.07) is 7.95. The number of fused-ring (bicyclic) bond motifs is 1. The van der Waals surface area contributed by atoms with Crippen LogP contribution in [0.2, 0.25) is 0 Å². The fourth-order valence-corrected chi connectivity index (χ4v) is 4.38. The van der Waals surface area contributed by atoms with Gasteiger partial charge in [-0.2, -0.15) is 0 Å². The molecule has 2 heterocycles. The van der Waals surface area contributed by atoms with Crippen LogP contribution in [0.4, 0.5) is 0 Å². The SMILES string of the molecule is CC[C@@H](C)NC(=O)CSc1nc2ccsc2c(=O)n1-c1ccc(C)cc1C. The number of carbonyl (C=O) groups is 1. The van der Waals surface area contributed by atoms with Crippen molar-refractivity contribution in [2.75, 3.05) is 5.75 Å². The van der Waals surface area contributed by atoms with Gasteiger partial charge >= 0.3 is 0 Å². The number of carbonyl (C=O) groups excluding carboxylic acids is 1. The van der Waals surface area contributed by atoms with E-state index in [0.29, 0.717) is 15.4 Å². The molecule has 0 fully saturated rings. The number of rotatable bonds is 6. The zero-order valence-corrected chi connectivity index (χ0v) is 17.5. The number of amides is 1. The minimum atomic E-state index is -0.0909. The van der Waals surface area contributed by atoms with Crippen molar-refractivity contribution in [3.8, 4) is 5.69 Å². The van der Waals surface area contributed by atoms with Crippen molar-refractivity contribution >= 4 is 39.2 Å². The highest BCUT2D eigenvalue weighted by atomic mass is 32.2. The standard InChI is InChI=1S/C20H23N3O2S2/c1-5-14(4)21-17(24)11-27-20-22-15-8-9-26-18(15)19(25)23(20)16-7-6-12(2)10-13(16)3/h6-10,14H,5,11H2,1-4H3,(H,21,24)/t14-/m1/s1. The summed E-state index contributed by atoms with van der Waals surface area (Å²) in [6.45, 7) is 8.01. The number of thioether (sulfide) groups is 1. The minimum Gasteiger partial charge on any atom is -0.353 e. The molecule has 0 aliphatic rings. The molecule has 0 spiro atoms. The van der Waals surface area contributed by atoms with E-state index in [1.165, 1.54) is 23.1 Å². The highest BCUT2D eigenvalue weighted by molar-refractivity contribution is 7.99. The average Bonchev–Trinajstić information content (AvgIpc) is 3.10. The molecule has 0 bridgehead atoms. The topological polar surface area (TPSA) is 64.0 Å². The summed E-state index contributed by atoms with van der Waals surface area (Å²) in [6.07, 6.45) is 0.878. The number of aromatic nitrogens is 2. The Morgan fingerprint density at radius 1 is 1.33 bits per heavy atom. The molecule has 0 aliphatic heterocycles. The summed E-state index contributed by atoms with van der Waals surface area (Å²) < 4.78 is 2.26. The Bertz CT molecular complexity index is 1040. The van der Waals surface area contributed by atoms with Crippen LogP contribution in [0.25, 0.3) is 15.9 Å². The molecule has 0 saturated heterocycles. The highest BCUT2D eigenvalue weighted by Gasteiger charge is 2.17. The second-order valence-electron chi connectivity index (χ2n) is 6.63. The van der Waals surface area contributed by atoms with E-state index in [1.807, 2.05) is 57.3 Å². The quantitative estimate of drug-likeness (QED) is 0.499. The van der Waals surface area contributed by atoms with Crippen LogP contribution in [0, 0.1) is 13.8 Å². The van der Waals surface area contributed by atoms with Gasteiger partial charge in [-0.05, 0) is 50.3 Å². The molecular formula is C20H23N3O2S2. The highest BCUT2D eigenvalue weighted by Crippen LogP contribution is 2.25. The predicted molar refractivity (Wildman–Crippen MR) is 113 cm³/mol. The lowest BCUT2D eigenvalue weighted by Gasteiger charge is -2.15. The summed E-state index contributed by atoms with van der Waals surface area (Å²) >= 11 is 2.68. The van der Waals surface area contributed by atoms with Gasteiger partial charge in [0, 0.05) is 6.04 Å². The molecule has 142 valence electrons. The minimum absolute atomic E-state index is 0.0545. The summed E-state index contributed by atoms with van der Waals surface area (Å²) in [5.41, 5.74) is 3.53. The molecule has 7 heteroatoms. The first-order chi connectivity index (χ1) is 12.9. The van der Waals surface area contributed by atoms with Crippen LogP contribution in [0.1, 0.15) is 31.4 Å². The van der Waals surface area contributed by atoms with E-state index in [4.69, 9.17) is 0 Å². The van der Waals surface area contributed by atoms with Crippen LogP contribution in [0.5, 0.6) is 0 Å². The number of nitrogens with one attached hydrogen (secondary N) is 1. The average molecular weight is 402 g/mol. The number of aryl methyl sites for hydroxylation is 2. The normalized spacial score (nSPS) is 12.3. The number of benzene rings is 1. The molecule has 0 unspecified atom stereocenters. The molecule has 0 radical (unpaired) electrons. The van der Waals surface area contributed by atoms with E-state index in [1.54, 1.807) is 4.57 Å². The third kappa shape index (κ3) is 4.25. The van der Waals surface area contributed by atoms with Gasteiger partial charge in [-0.3, -0.25) is 14.2 Å². The Morgan fingerprint density at radius 2 is 2.11 bits per heavy atom. The van der Waals surface area contributed by atoms with Crippen molar-refractivity contribution in [1.29, 1.82) is 0 Å². The van der Waals surface area contributed by atoms with Crippen LogP contribution in [-0.4, -0.2) is 27.3 Å².